The molecule has 1 aliphatic heterocycles. The predicted molar refractivity (Wildman–Crippen MR) is 64.6 cm³/mol. The summed E-state index contributed by atoms with van der Waals surface area (Å²) in [6.07, 6.45) is 1.35. The van der Waals surface area contributed by atoms with E-state index in [-0.39, 0.29) is 12.2 Å². The summed E-state index contributed by atoms with van der Waals surface area (Å²) in [4.78, 5) is 0. The predicted octanol–water partition coefficient (Wildman–Crippen LogP) is 2.82. The Morgan fingerprint density at radius 3 is 2.50 bits per heavy atom. The summed E-state index contributed by atoms with van der Waals surface area (Å²) in [6, 6.07) is 4.41. The summed E-state index contributed by atoms with van der Waals surface area (Å²) in [5.74, 6) is 0. The van der Waals surface area contributed by atoms with Gasteiger partial charge in [-0.2, -0.15) is 0 Å². The first-order valence-corrected chi connectivity index (χ1v) is 5.95. The van der Waals surface area contributed by atoms with Gasteiger partial charge in [0.1, 0.15) is 0 Å². The Labute approximate surface area is 97.3 Å². The molecule has 0 spiro atoms. The highest BCUT2D eigenvalue weighted by Crippen LogP contribution is 2.31. The van der Waals surface area contributed by atoms with E-state index in [1.165, 1.54) is 22.3 Å². The molecule has 1 aliphatic rings. The van der Waals surface area contributed by atoms with Crippen molar-refractivity contribution in [2.45, 2.75) is 45.8 Å². The van der Waals surface area contributed by atoms with Gasteiger partial charge in [-0.3, -0.25) is 0 Å². The van der Waals surface area contributed by atoms with E-state index in [0.717, 1.165) is 12.8 Å². The zero-order chi connectivity index (χ0) is 11.7. The molecule has 0 aliphatic carbocycles. The fraction of sp³-hybridized carbons (Fsp3) is 0.571. The molecule has 88 valence electrons. The van der Waals surface area contributed by atoms with Crippen LogP contribution in [0.3, 0.4) is 0 Å². The van der Waals surface area contributed by atoms with Gasteiger partial charge in [0.05, 0.1) is 12.2 Å². The third-order valence-corrected chi connectivity index (χ3v) is 3.49. The van der Waals surface area contributed by atoms with Crippen molar-refractivity contribution in [3.8, 4) is 0 Å². The summed E-state index contributed by atoms with van der Waals surface area (Å²) in [5, 5.41) is 9.68. The number of ether oxygens (including phenoxy) is 1. The summed E-state index contributed by atoms with van der Waals surface area (Å²) in [6.45, 7) is 7.03. The van der Waals surface area contributed by atoms with E-state index in [4.69, 9.17) is 4.74 Å². The Morgan fingerprint density at radius 2 is 1.81 bits per heavy atom. The van der Waals surface area contributed by atoms with E-state index < -0.39 is 0 Å². The average molecular weight is 220 g/mol. The number of aliphatic hydroxyl groups is 1. The number of hydrogen-bond donors (Lipinski definition) is 1. The van der Waals surface area contributed by atoms with Gasteiger partial charge in [-0.25, -0.2) is 0 Å². The molecule has 2 heteroatoms. The Hall–Kier alpha value is -0.860. The molecular formula is C14H20O2. The first-order valence-electron chi connectivity index (χ1n) is 5.95. The van der Waals surface area contributed by atoms with Crippen molar-refractivity contribution in [1.29, 1.82) is 0 Å². The van der Waals surface area contributed by atoms with Crippen molar-refractivity contribution in [2.24, 2.45) is 0 Å². The summed E-state index contributed by atoms with van der Waals surface area (Å²) < 4.78 is 5.75. The van der Waals surface area contributed by atoms with E-state index in [1.54, 1.807) is 0 Å². The molecule has 0 aromatic heterocycles. The normalized spacial score (nSPS) is 25.8. The number of aryl methyl sites for hydroxylation is 3. The summed E-state index contributed by atoms with van der Waals surface area (Å²) in [5.41, 5.74) is 5.12. The second-order valence-electron chi connectivity index (χ2n) is 4.83. The van der Waals surface area contributed by atoms with Crippen molar-refractivity contribution in [2.75, 3.05) is 6.61 Å². The Morgan fingerprint density at radius 1 is 1.12 bits per heavy atom. The van der Waals surface area contributed by atoms with Gasteiger partial charge < -0.3 is 9.84 Å². The molecule has 2 unspecified atom stereocenters. The highest BCUT2D eigenvalue weighted by Gasteiger charge is 2.23. The minimum Gasteiger partial charge on any atom is -0.393 e. The molecule has 0 bridgehead atoms. The number of hydrogen-bond acceptors (Lipinski definition) is 2. The summed E-state index contributed by atoms with van der Waals surface area (Å²) in [7, 11) is 0. The molecule has 1 aromatic rings. The van der Waals surface area contributed by atoms with Crippen LogP contribution < -0.4 is 0 Å². The number of benzene rings is 1. The maximum absolute atomic E-state index is 9.68. The lowest BCUT2D eigenvalue weighted by Crippen LogP contribution is -2.24. The van der Waals surface area contributed by atoms with Crippen molar-refractivity contribution in [3.05, 3.63) is 34.4 Å². The quantitative estimate of drug-likeness (QED) is 0.788. The minimum atomic E-state index is -0.209. The van der Waals surface area contributed by atoms with Crippen LogP contribution >= 0.6 is 0 Å². The average Bonchev–Trinajstić information content (AvgIpc) is 2.23. The van der Waals surface area contributed by atoms with Gasteiger partial charge in [-0.05, 0) is 49.4 Å². The number of rotatable bonds is 1. The third kappa shape index (κ3) is 2.28. The van der Waals surface area contributed by atoms with E-state index in [0.29, 0.717) is 6.61 Å². The van der Waals surface area contributed by atoms with Gasteiger partial charge in [0.2, 0.25) is 0 Å². The van der Waals surface area contributed by atoms with E-state index in [1.807, 2.05) is 0 Å². The largest absolute Gasteiger partial charge is 0.393 e. The zero-order valence-electron chi connectivity index (χ0n) is 10.3. The second kappa shape index (κ2) is 4.56. The molecule has 0 amide bonds. The van der Waals surface area contributed by atoms with Crippen molar-refractivity contribution in [1.82, 2.24) is 0 Å². The van der Waals surface area contributed by atoms with Gasteiger partial charge in [0.25, 0.3) is 0 Å². The molecule has 2 atom stereocenters. The van der Waals surface area contributed by atoms with Crippen LogP contribution in [0, 0.1) is 20.8 Å². The van der Waals surface area contributed by atoms with Crippen LogP contribution in [0.15, 0.2) is 12.1 Å². The van der Waals surface area contributed by atoms with Gasteiger partial charge in [-0.1, -0.05) is 12.1 Å². The van der Waals surface area contributed by atoms with Gasteiger partial charge in [-0.15, -0.1) is 0 Å². The van der Waals surface area contributed by atoms with E-state index >= 15 is 0 Å². The lowest BCUT2D eigenvalue weighted by molar-refractivity contribution is -0.0450. The molecule has 1 aromatic carbocycles. The maximum atomic E-state index is 9.68. The van der Waals surface area contributed by atoms with Crippen LogP contribution in [-0.2, 0) is 4.74 Å². The molecule has 1 fully saturated rings. The van der Waals surface area contributed by atoms with Crippen LogP contribution in [-0.4, -0.2) is 17.8 Å². The van der Waals surface area contributed by atoms with Crippen LogP contribution in [0.4, 0.5) is 0 Å². The van der Waals surface area contributed by atoms with Crippen molar-refractivity contribution < 1.29 is 9.84 Å². The van der Waals surface area contributed by atoms with Crippen LogP contribution in [0.1, 0.15) is 41.2 Å². The summed E-state index contributed by atoms with van der Waals surface area (Å²) >= 11 is 0. The SMILES string of the molecule is Cc1cc(C)c(C2CC(O)CCO2)cc1C. The Kier molecular flexibility index (Phi) is 3.31. The van der Waals surface area contributed by atoms with Crippen LogP contribution in [0.25, 0.3) is 0 Å². The fourth-order valence-electron chi connectivity index (χ4n) is 2.33. The third-order valence-electron chi connectivity index (χ3n) is 3.49. The fourth-order valence-corrected chi connectivity index (χ4v) is 2.33. The maximum Gasteiger partial charge on any atom is 0.0852 e. The van der Waals surface area contributed by atoms with Crippen LogP contribution in [0.5, 0.6) is 0 Å². The lowest BCUT2D eigenvalue weighted by Gasteiger charge is -2.28. The highest BCUT2D eigenvalue weighted by atomic mass is 16.5. The standard InChI is InChI=1S/C14H20O2/c1-9-6-11(3)13(7-10(9)2)14-8-12(15)4-5-16-14/h6-7,12,14-15H,4-5,8H2,1-3H3. The number of aliphatic hydroxyl groups excluding tert-OH is 1. The first-order chi connectivity index (χ1) is 7.58. The second-order valence-corrected chi connectivity index (χ2v) is 4.83. The van der Waals surface area contributed by atoms with Gasteiger partial charge in [0, 0.05) is 13.0 Å². The van der Waals surface area contributed by atoms with Crippen molar-refractivity contribution in [3.63, 3.8) is 0 Å². The van der Waals surface area contributed by atoms with E-state index in [2.05, 4.69) is 32.9 Å². The zero-order valence-corrected chi connectivity index (χ0v) is 10.3. The minimum absolute atomic E-state index is 0.0723. The van der Waals surface area contributed by atoms with E-state index in [9.17, 15) is 5.11 Å². The topological polar surface area (TPSA) is 29.5 Å². The molecule has 2 nitrogen and oxygen atoms in total. The smallest absolute Gasteiger partial charge is 0.0852 e. The Balaban J connectivity index is 2.29. The lowest BCUT2D eigenvalue weighted by atomic mass is 9.93. The Bertz CT molecular complexity index is 385. The highest BCUT2D eigenvalue weighted by molar-refractivity contribution is 5.37. The molecule has 1 saturated heterocycles. The van der Waals surface area contributed by atoms with Crippen molar-refractivity contribution >= 4 is 0 Å². The molecule has 2 rings (SSSR count). The molecule has 16 heavy (non-hydrogen) atoms. The van der Waals surface area contributed by atoms with Gasteiger partial charge >= 0.3 is 0 Å². The van der Waals surface area contributed by atoms with Crippen LogP contribution in [0.2, 0.25) is 0 Å². The molecule has 0 saturated carbocycles. The molecule has 1 N–H and O–H groups in total. The molecule has 0 radical (unpaired) electrons. The van der Waals surface area contributed by atoms with Gasteiger partial charge in [0.15, 0.2) is 0 Å². The molecular weight excluding hydrogens is 200 g/mol. The monoisotopic (exact) mass is 220 g/mol. The molecule has 1 heterocycles. The first kappa shape index (κ1) is 11.6.